The zero-order chi connectivity index (χ0) is 20.3. The minimum atomic E-state index is -0.628. The molecule has 0 atom stereocenters. The van der Waals surface area contributed by atoms with E-state index < -0.39 is 11.9 Å². The van der Waals surface area contributed by atoms with E-state index in [0.717, 1.165) is 27.2 Å². The number of nitrogens with zero attached hydrogens (tertiary/aromatic N) is 2. The van der Waals surface area contributed by atoms with Gasteiger partial charge in [-0.15, -0.1) is 11.3 Å². The number of ether oxygens (including phenoxy) is 2. The van der Waals surface area contributed by atoms with Gasteiger partial charge in [-0.2, -0.15) is 5.10 Å². The first kappa shape index (κ1) is 21.1. The summed E-state index contributed by atoms with van der Waals surface area (Å²) in [5, 5.41) is 7.32. The molecule has 1 N–H and O–H groups in total. The summed E-state index contributed by atoms with van der Waals surface area (Å²) in [4.78, 5) is 36.6. The summed E-state index contributed by atoms with van der Waals surface area (Å²) in [5.41, 5.74) is 2.34. The highest BCUT2D eigenvalue weighted by atomic mass is 79.9. The van der Waals surface area contributed by atoms with Crippen LogP contribution in [-0.2, 0) is 20.8 Å². The molecule has 0 saturated carbocycles. The van der Waals surface area contributed by atoms with Crippen LogP contribution in [-0.4, -0.2) is 41.8 Å². The molecular formula is C17H20BrN3O5S. The highest BCUT2D eigenvalue weighted by Crippen LogP contribution is 2.34. The molecule has 10 heteroatoms. The summed E-state index contributed by atoms with van der Waals surface area (Å²) in [6, 6.07) is 0. The van der Waals surface area contributed by atoms with Gasteiger partial charge in [0.2, 0.25) is 5.91 Å². The third-order valence-corrected chi connectivity index (χ3v) is 6.34. The van der Waals surface area contributed by atoms with E-state index in [-0.39, 0.29) is 27.8 Å². The van der Waals surface area contributed by atoms with Crippen LogP contribution in [0.4, 0.5) is 5.00 Å². The summed E-state index contributed by atoms with van der Waals surface area (Å²) in [6.45, 7) is 5.77. The van der Waals surface area contributed by atoms with E-state index in [9.17, 15) is 14.4 Å². The quantitative estimate of drug-likeness (QED) is 0.668. The van der Waals surface area contributed by atoms with Crippen molar-refractivity contribution in [2.45, 2.75) is 33.7 Å². The molecule has 146 valence electrons. The molecule has 2 aromatic rings. The highest BCUT2D eigenvalue weighted by molar-refractivity contribution is 9.10. The maximum Gasteiger partial charge on any atom is 0.348 e. The summed E-state index contributed by atoms with van der Waals surface area (Å²) >= 11 is 4.43. The Balaban J connectivity index is 2.20. The largest absolute Gasteiger partial charge is 0.465 e. The number of halogens is 1. The van der Waals surface area contributed by atoms with Gasteiger partial charge < -0.3 is 14.8 Å². The first-order chi connectivity index (χ1) is 12.7. The van der Waals surface area contributed by atoms with Gasteiger partial charge in [0.1, 0.15) is 9.88 Å². The molecule has 0 aromatic carbocycles. The van der Waals surface area contributed by atoms with E-state index >= 15 is 0 Å². The second kappa shape index (κ2) is 8.66. The first-order valence-corrected chi connectivity index (χ1v) is 9.61. The van der Waals surface area contributed by atoms with Gasteiger partial charge in [0, 0.05) is 12.1 Å². The number of anilines is 1. The molecule has 0 spiro atoms. The number of aromatic nitrogens is 2. The average molecular weight is 458 g/mol. The number of thiophene rings is 1. The van der Waals surface area contributed by atoms with Crippen molar-refractivity contribution in [3.63, 3.8) is 0 Å². The standard InChI is InChI=1S/C17H20BrN3O5S/c1-8-12(16(23)25-4)15(27-14(8)17(24)26-5)19-11(22)6-7-21-10(3)13(18)9(2)20-21/h6-7H2,1-5H3,(H,19,22). The number of hydrogen-bond donors (Lipinski definition) is 1. The van der Waals surface area contributed by atoms with Crippen LogP contribution in [0.1, 0.15) is 43.4 Å². The van der Waals surface area contributed by atoms with Gasteiger partial charge in [-0.05, 0) is 42.3 Å². The van der Waals surface area contributed by atoms with Gasteiger partial charge in [0.05, 0.1) is 36.5 Å². The van der Waals surface area contributed by atoms with E-state index in [1.54, 1.807) is 11.6 Å². The van der Waals surface area contributed by atoms with Gasteiger partial charge in [-0.3, -0.25) is 9.48 Å². The molecule has 2 rings (SSSR count). The summed E-state index contributed by atoms with van der Waals surface area (Å²) < 4.78 is 12.1. The molecule has 1 amide bonds. The van der Waals surface area contributed by atoms with Crippen molar-refractivity contribution in [3.05, 3.63) is 31.9 Å². The van der Waals surface area contributed by atoms with Crippen LogP contribution in [0.5, 0.6) is 0 Å². The molecule has 0 bridgehead atoms. The van der Waals surface area contributed by atoms with Crippen molar-refractivity contribution < 1.29 is 23.9 Å². The molecular weight excluding hydrogens is 438 g/mol. The molecule has 0 aliphatic carbocycles. The molecule has 2 aromatic heterocycles. The van der Waals surface area contributed by atoms with E-state index in [1.165, 1.54) is 14.2 Å². The third-order valence-electron chi connectivity index (χ3n) is 4.00. The van der Waals surface area contributed by atoms with E-state index in [2.05, 4.69) is 26.3 Å². The zero-order valence-electron chi connectivity index (χ0n) is 15.6. The van der Waals surface area contributed by atoms with Crippen LogP contribution < -0.4 is 5.32 Å². The Kier molecular flexibility index (Phi) is 6.77. The molecule has 8 nitrogen and oxygen atoms in total. The molecule has 0 saturated heterocycles. The van der Waals surface area contributed by atoms with Gasteiger partial charge in [-0.25, -0.2) is 9.59 Å². The van der Waals surface area contributed by atoms with Gasteiger partial charge in [0.15, 0.2) is 0 Å². The van der Waals surface area contributed by atoms with Crippen LogP contribution in [0.2, 0.25) is 0 Å². The van der Waals surface area contributed by atoms with Crippen molar-refractivity contribution >= 4 is 50.1 Å². The fourth-order valence-electron chi connectivity index (χ4n) is 2.53. The number of hydrogen-bond acceptors (Lipinski definition) is 7. The van der Waals surface area contributed by atoms with Crippen molar-refractivity contribution in [1.82, 2.24) is 9.78 Å². The number of aryl methyl sites for hydroxylation is 2. The zero-order valence-corrected chi connectivity index (χ0v) is 18.0. The fourth-order valence-corrected chi connectivity index (χ4v) is 3.94. The minimum absolute atomic E-state index is 0.152. The summed E-state index contributed by atoms with van der Waals surface area (Å²) in [6.07, 6.45) is 0.152. The van der Waals surface area contributed by atoms with Crippen LogP contribution >= 0.6 is 27.3 Å². The Labute approximate surface area is 169 Å². The number of rotatable bonds is 6. The van der Waals surface area contributed by atoms with Gasteiger partial charge >= 0.3 is 11.9 Å². The second-order valence-corrected chi connectivity index (χ2v) is 7.56. The monoisotopic (exact) mass is 457 g/mol. The van der Waals surface area contributed by atoms with E-state index in [1.807, 2.05) is 13.8 Å². The van der Waals surface area contributed by atoms with E-state index in [0.29, 0.717) is 12.1 Å². The number of carbonyl (C=O) groups is 3. The molecule has 0 unspecified atom stereocenters. The topological polar surface area (TPSA) is 99.5 Å². The molecule has 0 radical (unpaired) electrons. The highest BCUT2D eigenvalue weighted by Gasteiger charge is 2.26. The minimum Gasteiger partial charge on any atom is -0.465 e. The number of carbonyl (C=O) groups excluding carboxylic acids is 3. The summed E-state index contributed by atoms with van der Waals surface area (Å²) in [5.74, 6) is -1.51. The molecule has 0 fully saturated rings. The Bertz CT molecular complexity index is 903. The predicted octanol–water partition coefficient (Wildman–Crippen LogP) is 3.23. The van der Waals surface area contributed by atoms with Crippen molar-refractivity contribution in [2.24, 2.45) is 0 Å². The maximum absolute atomic E-state index is 12.4. The molecule has 27 heavy (non-hydrogen) atoms. The smallest absolute Gasteiger partial charge is 0.348 e. The molecule has 0 aliphatic rings. The normalized spacial score (nSPS) is 10.6. The number of esters is 2. The van der Waals surface area contributed by atoms with Crippen LogP contribution in [0.3, 0.4) is 0 Å². The van der Waals surface area contributed by atoms with Crippen LogP contribution in [0.15, 0.2) is 4.47 Å². The van der Waals surface area contributed by atoms with Crippen molar-refractivity contribution in [1.29, 1.82) is 0 Å². The number of amides is 1. The maximum atomic E-state index is 12.4. The molecule has 2 heterocycles. The van der Waals surface area contributed by atoms with Crippen molar-refractivity contribution in [2.75, 3.05) is 19.5 Å². The van der Waals surface area contributed by atoms with Gasteiger partial charge in [0.25, 0.3) is 0 Å². The lowest BCUT2D eigenvalue weighted by atomic mass is 10.1. The predicted molar refractivity (Wildman–Crippen MR) is 104 cm³/mol. The molecule has 0 aliphatic heterocycles. The van der Waals surface area contributed by atoms with Crippen molar-refractivity contribution in [3.8, 4) is 0 Å². The van der Waals surface area contributed by atoms with Gasteiger partial charge in [-0.1, -0.05) is 0 Å². The fraction of sp³-hybridized carbons (Fsp3) is 0.412. The Morgan fingerprint density at radius 2 is 1.78 bits per heavy atom. The Morgan fingerprint density at radius 1 is 1.15 bits per heavy atom. The lowest BCUT2D eigenvalue weighted by molar-refractivity contribution is -0.116. The Morgan fingerprint density at radius 3 is 2.30 bits per heavy atom. The summed E-state index contributed by atoms with van der Waals surface area (Å²) in [7, 11) is 2.49. The second-order valence-electron chi connectivity index (χ2n) is 5.75. The lowest BCUT2D eigenvalue weighted by Gasteiger charge is -2.07. The van der Waals surface area contributed by atoms with E-state index in [4.69, 9.17) is 9.47 Å². The average Bonchev–Trinajstić information content (AvgIpc) is 3.09. The number of nitrogens with one attached hydrogen (secondary N) is 1. The van der Waals surface area contributed by atoms with Crippen LogP contribution in [0, 0.1) is 20.8 Å². The number of methoxy groups -OCH3 is 2. The third kappa shape index (κ3) is 4.38. The first-order valence-electron chi connectivity index (χ1n) is 8.00. The lowest BCUT2D eigenvalue weighted by Crippen LogP contribution is -2.17. The SMILES string of the molecule is COC(=O)c1sc(NC(=O)CCn2nc(C)c(Br)c2C)c(C(=O)OC)c1C. The Hall–Kier alpha value is -2.20. The van der Waals surface area contributed by atoms with Crippen LogP contribution in [0.25, 0.3) is 0 Å².